The molecular weight excluding hydrogens is 212 g/mol. The third-order valence-corrected chi connectivity index (χ3v) is 2.15. The molecule has 0 saturated carbocycles. The Morgan fingerprint density at radius 3 is 2.50 bits per heavy atom. The first-order valence-electron chi connectivity index (χ1n) is 5.43. The first-order valence-corrected chi connectivity index (χ1v) is 5.43. The Hall–Kier alpha value is -1.14. The van der Waals surface area contributed by atoms with Crippen molar-refractivity contribution in [3.05, 3.63) is 0 Å². The zero-order valence-corrected chi connectivity index (χ0v) is 9.48. The van der Waals surface area contributed by atoms with Gasteiger partial charge in [0.25, 0.3) is 0 Å². The van der Waals surface area contributed by atoms with E-state index >= 15 is 0 Å². The number of aliphatic hydroxyl groups excluding tert-OH is 1. The van der Waals surface area contributed by atoms with Crippen molar-refractivity contribution in [1.29, 1.82) is 0 Å². The molecule has 5 N–H and O–H groups in total. The lowest BCUT2D eigenvalue weighted by atomic mass is 10.1. The normalized spacial score (nSPS) is 14.2. The molecule has 0 aliphatic rings. The fourth-order valence-electron chi connectivity index (χ4n) is 1.29. The minimum atomic E-state index is -1.24. The van der Waals surface area contributed by atoms with Crippen LogP contribution < -0.4 is 11.1 Å². The van der Waals surface area contributed by atoms with E-state index in [0.717, 1.165) is 0 Å². The van der Waals surface area contributed by atoms with E-state index in [9.17, 15) is 14.7 Å². The number of amides is 1. The van der Waals surface area contributed by atoms with Gasteiger partial charge in [-0.25, -0.2) is 4.79 Å². The van der Waals surface area contributed by atoms with Gasteiger partial charge < -0.3 is 21.3 Å². The number of nitrogens with two attached hydrogens (primary N) is 1. The van der Waals surface area contributed by atoms with Crippen molar-refractivity contribution in [3.8, 4) is 0 Å². The molecule has 0 aliphatic heterocycles. The molecule has 0 aromatic carbocycles. The van der Waals surface area contributed by atoms with Gasteiger partial charge in [-0.1, -0.05) is 6.92 Å². The lowest BCUT2D eigenvalue weighted by molar-refractivity contribution is -0.145. The molecule has 6 heteroatoms. The molecule has 0 aliphatic carbocycles. The molecule has 1 amide bonds. The topological polar surface area (TPSA) is 113 Å². The summed E-state index contributed by atoms with van der Waals surface area (Å²) in [5.74, 6) is -1.59. The van der Waals surface area contributed by atoms with E-state index in [4.69, 9.17) is 10.8 Å². The summed E-state index contributed by atoms with van der Waals surface area (Å²) in [7, 11) is 0. The Kier molecular flexibility index (Phi) is 7.49. The van der Waals surface area contributed by atoms with Gasteiger partial charge in [-0.3, -0.25) is 4.79 Å². The molecule has 0 spiro atoms. The number of aliphatic carboxylic acids is 1. The van der Waals surface area contributed by atoms with Gasteiger partial charge in [0.1, 0.15) is 0 Å². The lowest BCUT2D eigenvalue weighted by Crippen LogP contribution is -2.48. The lowest BCUT2D eigenvalue weighted by Gasteiger charge is -2.20. The summed E-state index contributed by atoms with van der Waals surface area (Å²) >= 11 is 0. The highest BCUT2D eigenvalue weighted by Gasteiger charge is 2.27. The number of carboxylic acids is 1. The van der Waals surface area contributed by atoms with E-state index in [1.165, 1.54) is 0 Å². The molecule has 0 saturated heterocycles. The highest BCUT2D eigenvalue weighted by atomic mass is 16.4. The summed E-state index contributed by atoms with van der Waals surface area (Å²) in [6.07, 6.45) is 0.584. The number of aliphatic hydroxyl groups is 1. The van der Waals surface area contributed by atoms with E-state index in [2.05, 4.69) is 5.32 Å². The third-order valence-electron chi connectivity index (χ3n) is 2.15. The van der Waals surface area contributed by atoms with E-state index in [1.807, 2.05) is 6.92 Å². The average Bonchev–Trinajstić information content (AvgIpc) is 2.22. The van der Waals surface area contributed by atoms with Crippen LogP contribution in [0.25, 0.3) is 0 Å². The predicted octanol–water partition coefficient (Wildman–Crippen LogP) is -0.544. The minimum Gasteiger partial charge on any atom is -0.480 e. The van der Waals surface area contributed by atoms with Crippen LogP contribution in [0.15, 0.2) is 0 Å². The van der Waals surface area contributed by atoms with Gasteiger partial charge >= 0.3 is 5.97 Å². The first-order chi connectivity index (χ1) is 7.52. The van der Waals surface area contributed by atoms with Gasteiger partial charge in [-0.05, 0) is 25.8 Å². The Bertz CT molecular complexity index is 233. The van der Waals surface area contributed by atoms with Gasteiger partial charge in [0, 0.05) is 6.42 Å². The summed E-state index contributed by atoms with van der Waals surface area (Å²) < 4.78 is 0. The second-order valence-electron chi connectivity index (χ2n) is 3.63. The highest BCUT2D eigenvalue weighted by molar-refractivity contribution is 5.83. The molecule has 16 heavy (non-hydrogen) atoms. The van der Waals surface area contributed by atoms with Crippen molar-refractivity contribution in [2.45, 2.75) is 44.8 Å². The Balaban J connectivity index is 4.25. The molecule has 0 bridgehead atoms. The SMILES string of the molecule is CCCC(=O)N[C@H](C(=O)O)C(O)CCCN. The number of nitrogens with one attached hydrogen (secondary N) is 1. The van der Waals surface area contributed by atoms with Crippen LogP contribution in [0.2, 0.25) is 0 Å². The molecule has 94 valence electrons. The fourth-order valence-corrected chi connectivity index (χ4v) is 1.29. The van der Waals surface area contributed by atoms with Crippen LogP contribution in [0.5, 0.6) is 0 Å². The number of carboxylic acid groups (broad SMARTS) is 1. The number of hydrogen-bond donors (Lipinski definition) is 4. The molecular formula is C10H20N2O4. The summed E-state index contributed by atoms with van der Waals surface area (Å²) in [6, 6.07) is -1.24. The maximum absolute atomic E-state index is 11.2. The summed E-state index contributed by atoms with van der Waals surface area (Å²) in [6.45, 7) is 2.20. The standard InChI is InChI=1S/C10H20N2O4/c1-2-4-8(14)12-9(10(15)16)7(13)5-3-6-11/h7,9,13H,2-6,11H2,1H3,(H,12,14)(H,15,16)/t7?,9-/m0/s1. The Labute approximate surface area is 94.8 Å². The maximum atomic E-state index is 11.2. The van der Waals surface area contributed by atoms with Crippen molar-refractivity contribution in [2.75, 3.05) is 6.54 Å². The van der Waals surface area contributed by atoms with E-state index in [0.29, 0.717) is 19.4 Å². The molecule has 1 unspecified atom stereocenters. The molecule has 0 aromatic rings. The molecule has 6 nitrogen and oxygen atoms in total. The monoisotopic (exact) mass is 232 g/mol. The zero-order valence-electron chi connectivity index (χ0n) is 9.48. The maximum Gasteiger partial charge on any atom is 0.328 e. The number of carbonyl (C=O) groups excluding carboxylic acids is 1. The molecule has 0 fully saturated rings. The van der Waals surface area contributed by atoms with E-state index in [-0.39, 0.29) is 18.7 Å². The van der Waals surface area contributed by atoms with Crippen LogP contribution in [0.1, 0.15) is 32.6 Å². The molecule has 2 atom stereocenters. The predicted molar refractivity (Wildman–Crippen MR) is 58.8 cm³/mol. The van der Waals surface area contributed by atoms with Gasteiger partial charge in [-0.15, -0.1) is 0 Å². The van der Waals surface area contributed by atoms with Crippen LogP contribution in [0, 0.1) is 0 Å². The van der Waals surface area contributed by atoms with E-state index in [1.54, 1.807) is 0 Å². The summed E-state index contributed by atoms with van der Waals surface area (Å²) in [5, 5.41) is 20.7. The molecule has 0 rings (SSSR count). The zero-order chi connectivity index (χ0) is 12.6. The van der Waals surface area contributed by atoms with Gasteiger partial charge in [0.05, 0.1) is 6.10 Å². The first kappa shape index (κ1) is 14.9. The second-order valence-corrected chi connectivity index (χ2v) is 3.63. The van der Waals surface area contributed by atoms with Gasteiger partial charge in [0.2, 0.25) is 5.91 Å². The van der Waals surface area contributed by atoms with Gasteiger partial charge in [-0.2, -0.15) is 0 Å². The largest absolute Gasteiger partial charge is 0.480 e. The van der Waals surface area contributed by atoms with Crippen molar-refractivity contribution in [2.24, 2.45) is 5.73 Å². The third kappa shape index (κ3) is 5.67. The second kappa shape index (κ2) is 8.06. The molecule has 0 aromatic heterocycles. The van der Waals surface area contributed by atoms with Gasteiger partial charge in [0.15, 0.2) is 6.04 Å². The van der Waals surface area contributed by atoms with E-state index < -0.39 is 18.1 Å². The number of rotatable bonds is 8. The minimum absolute atomic E-state index is 0.257. The average molecular weight is 232 g/mol. The highest BCUT2D eigenvalue weighted by Crippen LogP contribution is 2.03. The van der Waals surface area contributed by atoms with Crippen LogP contribution in [-0.2, 0) is 9.59 Å². The van der Waals surface area contributed by atoms with Crippen LogP contribution in [-0.4, -0.2) is 40.8 Å². The number of carbonyl (C=O) groups is 2. The molecule has 0 heterocycles. The van der Waals surface area contributed by atoms with Crippen LogP contribution >= 0.6 is 0 Å². The summed E-state index contributed by atoms with van der Waals surface area (Å²) in [4.78, 5) is 22.1. The van der Waals surface area contributed by atoms with Crippen LogP contribution in [0.3, 0.4) is 0 Å². The molecule has 0 radical (unpaired) electrons. The van der Waals surface area contributed by atoms with Crippen LogP contribution in [0.4, 0.5) is 0 Å². The number of hydrogen-bond acceptors (Lipinski definition) is 4. The fraction of sp³-hybridized carbons (Fsp3) is 0.800. The van der Waals surface area contributed by atoms with Crippen molar-refractivity contribution >= 4 is 11.9 Å². The Morgan fingerprint density at radius 2 is 2.06 bits per heavy atom. The van der Waals surface area contributed by atoms with Crippen molar-refractivity contribution in [3.63, 3.8) is 0 Å². The summed E-state index contributed by atoms with van der Waals surface area (Å²) in [5.41, 5.74) is 5.26. The Morgan fingerprint density at radius 1 is 1.44 bits per heavy atom. The van der Waals surface area contributed by atoms with Crippen molar-refractivity contribution < 1.29 is 19.8 Å². The van der Waals surface area contributed by atoms with Crippen molar-refractivity contribution in [1.82, 2.24) is 5.32 Å². The quantitative estimate of drug-likeness (QED) is 0.449. The smallest absolute Gasteiger partial charge is 0.328 e.